The van der Waals surface area contributed by atoms with Gasteiger partial charge in [-0.1, -0.05) is 38.1 Å². The van der Waals surface area contributed by atoms with Gasteiger partial charge in [0.15, 0.2) is 0 Å². The minimum atomic E-state index is 0.168. The number of benzene rings is 2. The molecule has 3 aromatic rings. The topological polar surface area (TPSA) is 27.1 Å². The first kappa shape index (κ1) is 17.3. The number of hydrogen-bond donors (Lipinski definition) is 0. The Hall–Kier alpha value is -2.55. The Morgan fingerprint density at radius 2 is 1.68 bits per heavy atom. The summed E-state index contributed by atoms with van der Waals surface area (Å²) >= 11 is 0. The highest BCUT2D eigenvalue weighted by molar-refractivity contribution is 5.68. The SMILES string of the molecule is Cc1ccn(-c2cc(-c3cccc(OC(C)C)c3)ccc2C(C)C)n1. The fourth-order valence-corrected chi connectivity index (χ4v) is 2.98. The van der Waals surface area contributed by atoms with E-state index in [1.54, 1.807) is 0 Å². The molecular formula is C22H26N2O. The van der Waals surface area contributed by atoms with Gasteiger partial charge in [-0.05, 0) is 67.6 Å². The number of rotatable bonds is 5. The summed E-state index contributed by atoms with van der Waals surface area (Å²) in [5, 5.41) is 4.61. The van der Waals surface area contributed by atoms with E-state index in [2.05, 4.69) is 49.3 Å². The van der Waals surface area contributed by atoms with E-state index in [0.29, 0.717) is 5.92 Å². The van der Waals surface area contributed by atoms with Crippen molar-refractivity contribution in [2.45, 2.75) is 46.6 Å². The molecule has 0 radical (unpaired) electrons. The van der Waals surface area contributed by atoms with Crippen molar-refractivity contribution in [2.75, 3.05) is 0 Å². The molecule has 130 valence electrons. The van der Waals surface area contributed by atoms with Crippen LogP contribution in [-0.2, 0) is 0 Å². The zero-order chi connectivity index (χ0) is 18.0. The van der Waals surface area contributed by atoms with Gasteiger partial charge in [0.25, 0.3) is 0 Å². The monoisotopic (exact) mass is 334 g/mol. The van der Waals surface area contributed by atoms with Gasteiger partial charge in [-0.25, -0.2) is 4.68 Å². The van der Waals surface area contributed by atoms with Crippen LogP contribution in [0.15, 0.2) is 54.7 Å². The second-order valence-electron chi connectivity index (χ2n) is 7.02. The Bertz CT molecular complexity index is 862. The summed E-state index contributed by atoms with van der Waals surface area (Å²) in [4.78, 5) is 0. The zero-order valence-electron chi connectivity index (χ0n) is 15.7. The van der Waals surface area contributed by atoms with E-state index >= 15 is 0 Å². The van der Waals surface area contributed by atoms with Crippen molar-refractivity contribution >= 4 is 0 Å². The van der Waals surface area contributed by atoms with Crippen LogP contribution in [0, 0.1) is 6.92 Å². The summed E-state index contributed by atoms with van der Waals surface area (Å²) in [6, 6.07) is 16.9. The zero-order valence-corrected chi connectivity index (χ0v) is 15.7. The van der Waals surface area contributed by atoms with Crippen LogP contribution in [0.5, 0.6) is 5.75 Å². The number of aryl methyl sites for hydroxylation is 1. The molecule has 3 rings (SSSR count). The first-order chi connectivity index (χ1) is 11.9. The van der Waals surface area contributed by atoms with Gasteiger partial charge in [0.05, 0.1) is 17.5 Å². The third-order valence-electron chi connectivity index (χ3n) is 4.16. The molecule has 1 aromatic heterocycles. The summed E-state index contributed by atoms with van der Waals surface area (Å²) < 4.78 is 7.81. The minimum absolute atomic E-state index is 0.168. The van der Waals surface area contributed by atoms with Gasteiger partial charge in [-0.2, -0.15) is 5.10 Å². The Kier molecular flexibility index (Phi) is 4.93. The van der Waals surface area contributed by atoms with Crippen LogP contribution in [-0.4, -0.2) is 15.9 Å². The molecule has 0 unspecified atom stereocenters. The van der Waals surface area contributed by atoms with Crippen molar-refractivity contribution in [1.82, 2.24) is 9.78 Å². The van der Waals surface area contributed by atoms with Crippen LogP contribution in [0.4, 0.5) is 0 Å². The van der Waals surface area contributed by atoms with Crippen LogP contribution in [0.1, 0.15) is 44.9 Å². The van der Waals surface area contributed by atoms with Gasteiger partial charge in [0, 0.05) is 6.20 Å². The highest BCUT2D eigenvalue weighted by atomic mass is 16.5. The molecule has 0 bridgehead atoms. The van der Waals surface area contributed by atoms with Crippen molar-refractivity contribution in [3.63, 3.8) is 0 Å². The van der Waals surface area contributed by atoms with Gasteiger partial charge in [-0.3, -0.25) is 0 Å². The van der Waals surface area contributed by atoms with Crippen molar-refractivity contribution in [3.8, 4) is 22.6 Å². The fourth-order valence-electron chi connectivity index (χ4n) is 2.98. The highest BCUT2D eigenvalue weighted by Gasteiger charge is 2.12. The first-order valence-electron chi connectivity index (χ1n) is 8.87. The third-order valence-corrected chi connectivity index (χ3v) is 4.16. The standard InChI is InChI=1S/C22H26N2O/c1-15(2)21-10-9-19(14-22(21)24-12-11-17(5)23-24)18-7-6-8-20(13-18)25-16(3)4/h6-16H,1-5H3. The van der Waals surface area contributed by atoms with E-state index < -0.39 is 0 Å². The Balaban J connectivity index is 2.06. The molecule has 0 atom stereocenters. The van der Waals surface area contributed by atoms with E-state index in [-0.39, 0.29) is 6.10 Å². The lowest BCUT2D eigenvalue weighted by Crippen LogP contribution is -2.05. The Morgan fingerprint density at radius 3 is 2.32 bits per heavy atom. The molecule has 0 amide bonds. The third kappa shape index (κ3) is 3.93. The molecule has 0 aliphatic heterocycles. The summed E-state index contributed by atoms with van der Waals surface area (Å²) in [5.41, 5.74) is 5.77. The summed E-state index contributed by atoms with van der Waals surface area (Å²) in [6.45, 7) is 10.5. The summed E-state index contributed by atoms with van der Waals surface area (Å²) in [5.74, 6) is 1.33. The number of nitrogens with zero attached hydrogens (tertiary/aromatic N) is 2. The molecule has 0 fully saturated rings. The molecule has 3 heteroatoms. The van der Waals surface area contributed by atoms with Crippen molar-refractivity contribution in [3.05, 3.63) is 66.0 Å². The van der Waals surface area contributed by atoms with Gasteiger partial charge >= 0.3 is 0 Å². The molecule has 0 aliphatic rings. The largest absolute Gasteiger partial charge is 0.491 e. The molecule has 0 spiro atoms. The normalized spacial score (nSPS) is 11.3. The Labute approximate surface area is 150 Å². The number of ether oxygens (including phenoxy) is 1. The van der Waals surface area contributed by atoms with Crippen LogP contribution >= 0.6 is 0 Å². The van der Waals surface area contributed by atoms with E-state index in [0.717, 1.165) is 22.7 Å². The van der Waals surface area contributed by atoms with Crippen LogP contribution in [0.25, 0.3) is 16.8 Å². The van der Waals surface area contributed by atoms with Gasteiger partial charge < -0.3 is 4.74 Å². The van der Waals surface area contributed by atoms with Crippen LogP contribution in [0.2, 0.25) is 0 Å². The molecule has 0 aliphatic carbocycles. The van der Waals surface area contributed by atoms with E-state index in [1.807, 2.05) is 49.8 Å². The van der Waals surface area contributed by atoms with Crippen LogP contribution in [0.3, 0.4) is 0 Å². The van der Waals surface area contributed by atoms with E-state index in [1.165, 1.54) is 11.1 Å². The summed E-state index contributed by atoms with van der Waals surface area (Å²) in [6.07, 6.45) is 2.19. The van der Waals surface area contributed by atoms with Crippen molar-refractivity contribution < 1.29 is 4.74 Å². The molecule has 0 saturated heterocycles. The number of aromatic nitrogens is 2. The highest BCUT2D eigenvalue weighted by Crippen LogP contribution is 2.30. The van der Waals surface area contributed by atoms with Crippen molar-refractivity contribution in [1.29, 1.82) is 0 Å². The van der Waals surface area contributed by atoms with Gasteiger partial charge in [0.1, 0.15) is 5.75 Å². The van der Waals surface area contributed by atoms with E-state index in [9.17, 15) is 0 Å². The molecule has 1 heterocycles. The molecule has 25 heavy (non-hydrogen) atoms. The Morgan fingerprint density at radius 1 is 0.920 bits per heavy atom. The molecule has 3 nitrogen and oxygen atoms in total. The maximum absolute atomic E-state index is 5.84. The predicted molar refractivity (Wildman–Crippen MR) is 104 cm³/mol. The second kappa shape index (κ2) is 7.14. The average molecular weight is 334 g/mol. The fraction of sp³-hybridized carbons (Fsp3) is 0.318. The smallest absolute Gasteiger partial charge is 0.120 e. The molecule has 2 aromatic carbocycles. The molecule has 0 saturated carbocycles. The summed E-state index contributed by atoms with van der Waals surface area (Å²) in [7, 11) is 0. The van der Waals surface area contributed by atoms with Gasteiger partial charge in [0.2, 0.25) is 0 Å². The lowest BCUT2D eigenvalue weighted by atomic mass is 9.96. The maximum atomic E-state index is 5.84. The average Bonchev–Trinajstić information content (AvgIpc) is 3.00. The van der Waals surface area contributed by atoms with Gasteiger partial charge in [-0.15, -0.1) is 0 Å². The van der Waals surface area contributed by atoms with Crippen LogP contribution < -0.4 is 4.74 Å². The molecule has 0 N–H and O–H groups in total. The predicted octanol–water partition coefficient (Wildman–Crippen LogP) is 5.76. The maximum Gasteiger partial charge on any atom is 0.120 e. The van der Waals surface area contributed by atoms with Crippen molar-refractivity contribution in [2.24, 2.45) is 0 Å². The quantitative estimate of drug-likeness (QED) is 0.593. The van der Waals surface area contributed by atoms with E-state index in [4.69, 9.17) is 4.74 Å². The number of hydrogen-bond acceptors (Lipinski definition) is 2. The lowest BCUT2D eigenvalue weighted by Gasteiger charge is -2.16. The first-order valence-corrected chi connectivity index (χ1v) is 8.87. The minimum Gasteiger partial charge on any atom is -0.491 e. The lowest BCUT2D eigenvalue weighted by molar-refractivity contribution is 0.242. The second-order valence-corrected chi connectivity index (χ2v) is 7.02. The molecular weight excluding hydrogens is 308 g/mol.